The molecule has 0 saturated heterocycles. The van der Waals surface area contributed by atoms with Gasteiger partial charge in [-0.15, -0.1) is 0 Å². The molecule has 0 amide bonds. The summed E-state index contributed by atoms with van der Waals surface area (Å²) in [6.45, 7) is 0.336. The molecule has 0 aliphatic carbocycles. The summed E-state index contributed by atoms with van der Waals surface area (Å²) in [4.78, 5) is 7.19. The highest BCUT2D eigenvalue weighted by atomic mass is 32.2. The molecule has 1 heterocycles. The van der Waals surface area contributed by atoms with Crippen molar-refractivity contribution in [3.63, 3.8) is 0 Å². The number of benzene rings is 1. The number of imidazole rings is 1. The van der Waals surface area contributed by atoms with Crippen LogP contribution in [0.4, 0.5) is 0 Å². The second-order valence-electron chi connectivity index (χ2n) is 4.17. The number of aromatic amines is 1. The van der Waals surface area contributed by atoms with Crippen molar-refractivity contribution >= 4 is 10.0 Å². The highest BCUT2D eigenvalue weighted by Gasteiger charge is 2.12. The number of rotatable bonds is 6. The van der Waals surface area contributed by atoms with Crippen molar-refractivity contribution in [1.82, 2.24) is 14.7 Å². The second-order valence-corrected chi connectivity index (χ2v) is 5.94. The quantitative estimate of drug-likeness (QED) is 0.781. The van der Waals surface area contributed by atoms with E-state index in [1.165, 1.54) is 24.3 Å². The van der Waals surface area contributed by atoms with Crippen LogP contribution in [0.15, 0.2) is 41.6 Å². The van der Waals surface area contributed by atoms with Crippen molar-refractivity contribution < 1.29 is 8.42 Å². The molecule has 1 aromatic carbocycles. The number of aromatic nitrogens is 2. The highest BCUT2D eigenvalue weighted by Crippen LogP contribution is 2.09. The first-order valence-electron chi connectivity index (χ1n) is 6.10. The maximum Gasteiger partial charge on any atom is 0.240 e. The summed E-state index contributed by atoms with van der Waals surface area (Å²) in [6.07, 6.45) is 4.73. The second kappa shape index (κ2) is 6.32. The maximum absolute atomic E-state index is 12.0. The molecular formula is C13H14N4O2S. The topological polar surface area (TPSA) is 98.6 Å². The van der Waals surface area contributed by atoms with Crippen molar-refractivity contribution in [3.05, 3.63) is 48.0 Å². The van der Waals surface area contributed by atoms with Crippen molar-refractivity contribution in [2.45, 2.75) is 17.7 Å². The van der Waals surface area contributed by atoms with Crippen molar-refractivity contribution in [1.29, 1.82) is 5.26 Å². The molecule has 0 aliphatic rings. The molecule has 2 aromatic rings. The summed E-state index contributed by atoms with van der Waals surface area (Å²) in [6, 6.07) is 7.76. The van der Waals surface area contributed by atoms with E-state index in [9.17, 15) is 8.42 Å². The zero-order valence-electron chi connectivity index (χ0n) is 10.7. The van der Waals surface area contributed by atoms with Gasteiger partial charge in [-0.05, 0) is 30.7 Å². The number of aryl methyl sites for hydroxylation is 1. The minimum absolute atomic E-state index is 0.162. The van der Waals surface area contributed by atoms with Crippen LogP contribution in [0.2, 0.25) is 0 Å². The summed E-state index contributed by atoms with van der Waals surface area (Å²) in [5.41, 5.74) is 0.432. The van der Waals surface area contributed by atoms with Crippen LogP contribution < -0.4 is 4.72 Å². The van der Waals surface area contributed by atoms with E-state index in [1.54, 1.807) is 12.4 Å². The van der Waals surface area contributed by atoms with Gasteiger partial charge in [0.2, 0.25) is 10.0 Å². The summed E-state index contributed by atoms with van der Waals surface area (Å²) in [5.74, 6) is 0.836. The van der Waals surface area contributed by atoms with E-state index in [1.807, 2.05) is 6.07 Å². The van der Waals surface area contributed by atoms with Gasteiger partial charge in [0.05, 0.1) is 16.5 Å². The van der Waals surface area contributed by atoms with Gasteiger partial charge in [0.25, 0.3) is 0 Å². The van der Waals surface area contributed by atoms with Gasteiger partial charge >= 0.3 is 0 Å². The molecule has 0 bridgehead atoms. The molecule has 1 aromatic heterocycles. The number of H-pyrrole nitrogens is 1. The molecule has 0 unspecified atom stereocenters. The average Bonchev–Trinajstić information content (AvgIpc) is 2.97. The standard InChI is InChI=1S/C13H14N4O2S/c14-10-11-3-5-12(6-4-11)20(18,19)17-7-1-2-13-15-8-9-16-13/h3-6,8-9,17H,1-2,7H2,(H,15,16). The van der Waals surface area contributed by atoms with E-state index in [0.29, 0.717) is 24.9 Å². The molecule has 0 spiro atoms. The van der Waals surface area contributed by atoms with Crippen LogP contribution in [0.25, 0.3) is 0 Å². The third-order valence-electron chi connectivity index (χ3n) is 2.73. The summed E-state index contributed by atoms with van der Waals surface area (Å²) in [5, 5.41) is 8.67. The Kier molecular flexibility index (Phi) is 4.50. The molecule has 2 N–H and O–H groups in total. The lowest BCUT2D eigenvalue weighted by atomic mass is 10.2. The Bertz CT molecular complexity index is 685. The van der Waals surface area contributed by atoms with Gasteiger partial charge in [-0.3, -0.25) is 0 Å². The Labute approximate surface area is 117 Å². The normalized spacial score (nSPS) is 11.2. The molecule has 0 saturated carbocycles. The van der Waals surface area contributed by atoms with E-state index in [4.69, 9.17) is 5.26 Å². The summed E-state index contributed by atoms with van der Waals surface area (Å²) in [7, 11) is -3.52. The Balaban J connectivity index is 1.88. The molecule has 0 fully saturated rings. The van der Waals surface area contributed by atoms with Gasteiger partial charge in [-0.2, -0.15) is 5.26 Å². The lowest BCUT2D eigenvalue weighted by Gasteiger charge is -2.06. The zero-order valence-corrected chi connectivity index (χ0v) is 11.5. The van der Waals surface area contributed by atoms with Gasteiger partial charge < -0.3 is 4.98 Å². The minimum Gasteiger partial charge on any atom is -0.349 e. The predicted octanol–water partition coefficient (Wildman–Crippen LogP) is 1.19. The largest absolute Gasteiger partial charge is 0.349 e. The van der Waals surface area contributed by atoms with Gasteiger partial charge in [0.15, 0.2) is 0 Å². The van der Waals surface area contributed by atoms with Crippen LogP contribution in [-0.4, -0.2) is 24.9 Å². The number of nitrogens with zero attached hydrogens (tertiary/aromatic N) is 2. The third-order valence-corrected chi connectivity index (χ3v) is 4.21. The van der Waals surface area contributed by atoms with Crippen LogP contribution in [0.1, 0.15) is 17.8 Å². The fourth-order valence-corrected chi connectivity index (χ4v) is 2.76. The Morgan fingerprint density at radius 3 is 2.65 bits per heavy atom. The SMILES string of the molecule is N#Cc1ccc(S(=O)(=O)NCCCc2ncc[nH]2)cc1. The van der Waals surface area contributed by atoms with Gasteiger partial charge in [-0.1, -0.05) is 0 Å². The molecule has 6 nitrogen and oxygen atoms in total. The van der Waals surface area contributed by atoms with Crippen LogP contribution >= 0.6 is 0 Å². The van der Waals surface area contributed by atoms with Crippen LogP contribution in [0, 0.1) is 11.3 Å². The number of nitriles is 1. The summed E-state index contributed by atoms with van der Waals surface area (Å²) < 4.78 is 26.5. The first-order valence-corrected chi connectivity index (χ1v) is 7.58. The van der Waals surface area contributed by atoms with Crippen LogP contribution in [0.5, 0.6) is 0 Å². The van der Waals surface area contributed by atoms with E-state index in [0.717, 1.165) is 5.82 Å². The number of hydrogen-bond acceptors (Lipinski definition) is 4. The van der Waals surface area contributed by atoms with Crippen molar-refractivity contribution in [3.8, 4) is 6.07 Å². The molecule has 104 valence electrons. The Morgan fingerprint density at radius 1 is 1.30 bits per heavy atom. The fraction of sp³-hybridized carbons (Fsp3) is 0.231. The monoisotopic (exact) mass is 290 g/mol. The first kappa shape index (κ1) is 14.2. The molecule has 0 atom stereocenters. The number of nitrogens with one attached hydrogen (secondary N) is 2. The zero-order chi connectivity index (χ0) is 14.4. The van der Waals surface area contributed by atoms with Crippen LogP contribution in [0.3, 0.4) is 0 Å². The molecule has 0 radical (unpaired) electrons. The predicted molar refractivity (Wildman–Crippen MR) is 73.3 cm³/mol. The smallest absolute Gasteiger partial charge is 0.240 e. The molecule has 0 aliphatic heterocycles. The first-order chi connectivity index (χ1) is 9.62. The maximum atomic E-state index is 12.0. The Hall–Kier alpha value is -2.17. The highest BCUT2D eigenvalue weighted by molar-refractivity contribution is 7.89. The number of hydrogen-bond donors (Lipinski definition) is 2. The molecular weight excluding hydrogens is 276 g/mol. The third kappa shape index (κ3) is 3.66. The number of sulfonamides is 1. The van der Waals surface area contributed by atoms with E-state index >= 15 is 0 Å². The molecule has 7 heteroatoms. The van der Waals surface area contributed by atoms with E-state index in [-0.39, 0.29) is 4.90 Å². The fourth-order valence-electron chi connectivity index (χ4n) is 1.69. The Morgan fingerprint density at radius 2 is 2.05 bits per heavy atom. The van der Waals surface area contributed by atoms with Crippen LogP contribution in [-0.2, 0) is 16.4 Å². The van der Waals surface area contributed by atoms with Crippen molar-refractivity contribution in [2.75, 3.05) is 6.54 Å². The summed E-state index contributed by atoms with van der Waals surface area (Å²) >= 11 is 0. The van der Waals surface area contributed by atoms with Gasteiger partial charge in [0, 0.05) is 25.4 Å². The molecule has 2 rings (SSSR count). The lowest BCUT2D eigenvalue weighted by molar-refractivity contribution is 0.578. The minimum atomic E-state index is -3.52. The van der Waals surface area contributed by atoms with Gasteiger partial charge in [-0.25, -0.2) is 18.1 Å². The van der Waals surface area contributed by atoms with Crippen molar-refractivity contribution in [2.24, 2.45) is 0 Å². The van der Waals surface area contributed by atoms with Gasteiger partial charge in [0.1, 0.15) is 5.82 Å². The molecule has 20 heavy (non-hydrogen) atoms. The average molecular weight is 290 g/mol. The lowest BCUT2D eigenvalue weighted by Crippen LogP contribution is -2.25. The van der Waals surface area contributed by atoms with E-state index in [2.05, 4.69) is 14.7 Å². The van der Waals surface area contributed by atoms with E-state index < -0.39 is 10.0 Å².